The van der Waals surface area contributed by atoms with Crippen molar-refractivity contribution < 1.29 is 4.79 Å². The fraction of sp³-hybridized carbons (Fsp3) is 0.923. The highest BCUT2D eigenvalue weighted by Gasteiger charge is 2.34. The van der Waals surface area contributed by atoms with Gasteiger partial charge in [0.15, 0.2) is 0 Å². The smallest absolute Gasteiger partial charge is 0.222 e. The van der Waals surface area contributed by atoms with Crippen molar-refractivity contribution in [2.24, 2.45) is 11.8 Å². The Morgan fingerprint density at radius 2 is 2.18 bits per heavy atom. The van der Waals surface area contributed by atoms with Crippen molar-refractivity contribution >= 4 is 5.91 Å². The second-order valence-corrected chi connectivity index (χ2v) is 5.87. The third-order valence-electron chi connectivity index (χ3n) is 4.21. The molecule has 4 heteroatoms. The highest BCUT2D eigenvalue weighted by Crippen LogP contribution is 2.22. The van der Waals surface area contributed by atoms with Gasteiger partial charge in [0, 0.05) is 25.6 Å². The van der Waals surface area contributed by atoms with Gasteiger partial charge in [-0.2, -0.15) is 0 Å². The van der Waals surface area contributed by atoms with E-state index in [9.17, 15) is 4.79 Å². The lowest BCUT2D eigenvalue weighted by Gasteiger charge is -2.22. The molecule has 1 N–H and O–H groups in total. The van der Waals surface area contributed by atoms with Gasteiger partial charge in [-0.25, -0.2) is 0 Å². The summed E-state index contributed by atoms with van der Waals surface area (Å²) in [6.45, 7) is 6.19. The van der Waals surface area contributed by atoms with Gasteiger partial charge in [-0.1, -0.05) is 6.92 Å². The first kappa shape index (κ1) is 12.8. The van der Waals surface area contributed by atoms with E-state index in [1.165, 1.54) is 0 Å². The van der Waals surface area contributed by atoms with E-state index in [4.69, 9.17) is 0 Å². The van der Waals surface area contributed by atoms with Crippen molar-refractivity contribution in [2.75, 3.05) is 40.3 Å². The van der Waals surface area contributed by atoms with Gasteiger partial charge in [0.1, 0.15) is 0 Å². The molecule has 2 fully saturated rings. The fourth-order valence-electron chi connectivity index (χ4n) is 3.09. The van der Waals surface area contributed by atoms with Gasteiger partial charge in [-0.05, 0) is 45.4 Å². The van der Waals surface area contributed by atoms with Crippen LogP contribution in [0.5, 0.6) is 0 Å². The Bertz CT molecular complexity index is 274. The van der Waals surface area contributed by atoms with Crippen LogP contribution in [0.3, 0.4) is 0 Å². The van der Waals surface area contributed by atoms with Crippen LogP contribution in [0.4, 0.5) is 0 Å². The van der Waals surface area contributed by atoms with Crippen molar-refractivity contribution in [3.05, 3.63) is 0 Å². The molecular formula is C13H25N3O. The van der Waals surface area contributed by atoms with Crippen molar-refractivity contribution in [1.29, 1.82) is 0 Å². The molecule has 2 aliphatic heterocycles. The van der Waals surface area contributed by atoms with Crippen LogP contribution in [0.25, 0.3) is 0 Å². The first-order valence-electron chi connectivity index (χ1n) is 6.73. The third kappa shape index (κ3) is 2.99. The quantitative estimate of drug-likeness (QED) is 0.774. The monoisotopic (exact) mass is 239 g/mol. The minimum Gasteiger partial charge on any atom is -0.341 e. The summed E-state index contributed by atoms with van der Waals surface area (Å²) in [5.74, 6) is 1.52. The molecular weight excluding hydrogens is 214 g/mol. The highest BCUT2D eigenvalue weighted by atomic mass is 16.2. The maximum atomic E-state index is 12.2. The number of hydrogen-bond donors (Lipinski definition) is 1. The largest absolute Gasteiger partial charge is 0.341 e. The van der Waals surface area contributed by atoms with Gasteiger partial charge in [0.25, 0.3) is 0 Å². The SMILES string of the molecule is CC1CN(C(=O)CC2CCNC2)CC1N(C)C. The van der Waals surface area contributed by atoms with E-state index in [0.717, 1.165) is 39.0 Å². The lowest BCUT2D eigenvalue weighted by molar-refractivity contribution is -0.131. The van der Waals surface area contributed by atoms with Crippen LogP contribution in [0.2, 0.25) is 0 Å². The van der Waals surface area contributed by atoms with Crippen LogP contribution in [-0.4, -0.2) is 62.0 Å². The Labute approximate surface area is 104 Å². The second-order valence-electron chi connectivity index (χ2n) is 5.87. The standard InChI is InChI=1S/C13H25N3O/c1-10-8-16(9-12(10)15(2)3)13(17)6-11-4-5-14-7-11/h10-12,14H,4-9H2,1-3H3. The van der Waals surface area contributed by atoms with E-state index in [1.54, 1.807) is 0 Å². The van der Waals surface area contributed by atoms with Crippen molar-refractivity contribution in [1.82, 2.24) is 15.1 Å². The molecule has 0 aromatic heterocycles. The first-order valence-corrected chi connectivity index (χ1v) is 6.73. The molecule has 1 amide bonds. The number of rotatable bonds is 3. The topological polar surface area (TPSA) is 35.6 Å². The van der Waals surface area contributed by atoms with E-state index in [0.29, 0.717) is 23.8 Å². The molecule has 0 bridgehead atoms. The summed E-state index contributed by atoms with van der Waals surface area (Å²) in [7, 11) is 4.21. The summed E-state index contributed by atoms with van der Waals surface area (Å²) in [6, 6.07) is 0.528. The molecule has 0 aliphatic carbocycles. The minimum absolute atomic E-state index is 0.356. The maximum absolute atomic E-state index is 12.2. The molecule has 2 aliphatic rings. The van der Waals surface area contributed by atoms with E-state index < -0.39 is 0 Å². The Balaban J connectivity index is 1.84. The molecule has 2 saturated heterocycles. The average molecular weight is 239 g/mol. The number of hydrogen-bond acceptors (Lipinski definition) is 3. The van der Waals surface area contributed by atoms with Gasteiger partial charge in [0.05, 0.1) is 0 Å². The number of nitrogens with zero attached hydrogens (tertiary/aromatic N) is 2. The number of amides is 1. The zero-order valence-corrected chi connectivity index (χ0v) is 11.3. The van der Waals surface area contributed by atoms with Gasteiger partial charge >= 0.3 is 0 Å². The maximum Gasteiger partial charge on any atom is 0.222 e. The highest BCUT2D eigenvalue weighted by molar-refractivity contribution is 5.77. The van der Waals surface area contributed by atoms with Crippen LogP contribution >= 0.6 is 0 Å². The number of carbonyl (C=O) groups excluding carboxylic acids is 1. The van der Waals surface area contributed by atoms with Crippen LogP contribution in [0.15, 0.2) is 0 Å². The number of likely N-dealkylation sites (N-methyl/N-ethyl adjacent to an activating group) is 1. The molecule has 4 nitrogen and oxygen atoms in total. The van der Waals surface area contributed by atoms with Gasteiger partial charge in [0.2, 0.25) is 5.91 Å². The molecule has 2 rings (SSSR count). The van der Waals surface area contributed by atoms with Crippen LogP contribution < -0.4 is 5.32 Å². The Morgan fingerprint density at radius 1 is 1.41 bits per heavy atom. The lowest BCUT2D eigenvalue weighted by atomic mass is 10.0. The van der Waals surface area contributed by atoms with Gasteiger partial charge < -0.3 is 15.1 Å². The lowest BCUT2D eigenvalue weighted by Crippen LogP contribution is -2.36. The number of nitrogens with one attached hydrogen (secondary N) is 1. The molecule has 0 saturated carbocycles. The molecule has 98 valence electrons. The van der Waals surface area contributed by atoms with E-state index in [1.807, 2.05) is 0 Å². The van der Waals surface area contributed by atoms with Crippen LogP contribution in [0, 0.1) is 11.8 Å². The van der Waals surface area contributed by atoms with Crippen molar-refractivity contribution in [3.8, 4) is 0 Å². The predicted molar refractivity (Wildman–Crippen MR) is 68.8 cm³/mol. The molecule has 3 unspecified atom stereocenters. The zero-order valence-electron chi connectivity index (χ0n) is 11.3. The summed E-state index contributed by atoms with van der Waals surface area (Å²) in [5, 5.41) is 3.33. The summed E-state index contributed by atoms with van der Waals surface area (Å²) in [5.41, 5.74) is 0. The van der Waals surface area contributed by atoms with Crippen LogP contribution in [-0.2, 0) is 4.79 Å². The van der Waals surface area contributed by atoms with Gasteiger partial charge in [-0.3, -0.25) is 4.79 Å². The molecule has 0 aromatic rings. The second kappa shape index (κ2) is 5.36. The molecule has 0 spiro atoms. The average Bonchev–Trinajstić information content (AvgIpc) is 2.86. The van der Waals surface area contributed by atoms with Gasteiger partial charge in [-0.15, -0.1) is 0 Å². The molecule has 0 aromatic carbocycles. The Hall–Kier alpha value is -0.610. The number of likely N-dealkylation sites (tertiary alicyclic amines) is 1. The number of carbonyl (C=O) groups is 1. The molecule has 2 heterocycles. The molecule has 0 radical (unpaired) electrons. The molecule has 17 heavy (non-hydrogen) atoms. The third-order valence-corrected chi connectivity index (χ3v) is 4.21. The van der Waals surface area contributed by atoms with E-state index in [2.05, 4.69) is 36.1 Å². The Morgan fingerprint density at radius 3 is 2.71 bits per heavy atom. The Kier molecular flexibility index (Phi) is 4.05. The summed E-state index contributed by atoms with van der Waals surface area (Å²) < 4.78 is 0. The van der Waals surface area contributed by atoms with E-state index >= 15 is 0 Å². The minimum atomic E-state index is 0.356. The van der Waals surface area contributed by atoms with Crippen molar-refractivity contribution in [2.45, 2.75) is 25.8 Å². The van der Waals surface area contributed by atoms with Crippen LogP contribution in [0.1, 0.15) is 19.8 Å². The summed E-state index contributed by atoms with van der Waals surface area (Å²) in [4.78, 5) is 16.5. The van der Waals surface area contributed by atoms with E-state index in [-0.39, 0.29) is 0 Å². The molecule has 3 atom stereocenters. The fourth-order valence-corrected chi connectivity index (χ4v) is 3.09. The first-order chi connectivity index (χ1) is 8.08. The predicted octanol–water partition coefficient (Wildman–Crippen LogP) is 0.395. The summed E-state index contributed by atoms with van der Waals surface area (Å²) >= 11 is 0. The normalized spacial score (nSPS) is 33.6. The zero-order chi connectivity index (χ0) is 12.4. The summed E-state index contributed by atoms with van der Waals surface area (Å²) in [6.07, 6.45) is 1.89. The van der Waals surface area contributed by atoms with Crippen molar-refractivity contribution in [3.63, 3.8) is 0 Å².